The van der Waals surface area contributed by atoms with Gasteiger partial charge in [0.05, 0.1) is 10.6 Å². The number of nitrogens with zero attached hydrogens (tertiary/aromatic N) is 1. The molecule has 5 heteroatoms. The number of hydrogen-bond acceptors (Lipinski definition) is 3. The molecule has 1 aliphatic carbocycles. The standard InChI is InChI=1S/C21H25NO3S/c1-2-17-13-15-19(16-14-17)22(21(23)18-9-5-3-6-10-18)26(24,25)20-11-7-4-8-12-20/h4,7-8,11-16,18H,2-3,5-6,9-10H2,1H3. The fraction of sp³-hybridized carbons (Fsp3) is 0.381. The third-order valence-corrected chi connectivity index (χ3v) is 6.75. The van der Waals surface area contributed by atoms with Crippen molar-refractivity contribution in [3.05, 3.63) is 60.2 Å². The third kappa shape index (κ3) is 3.83. The molecule has 1 saturated carbocycles. The number of rotatable bonds is 5. The number of sulfonamides is 1. The van der Waals surface area contributed by atoms with E-state index in [-0.39, 0.29) is 16.7 Å². The molecule has 0 unspecified atom stereocenters. The summed E-state index contributed by atoms with van der Waals surface area (Å²) < 4.78 is 27.6. The highest BCUT2D eigenvalue weighted by molar-refractivity contribution is 7.93. The van der Waals surface area contributed by atoms with E-state index in [2.05, 4.69) is 0 Å². The van der Waals surface area contributed by atoms with Gasteiger partial charge in [-0.15, -0.1) is 0 Å². The molecule has 138 valence electrons. The molecule has 1 amide bonds. The predicted molar refractivity (Wildman–Crippen MR) is 104 cm³/mol. The van der Waals surface area contributed by atoms with Crippen LogP contribution in [0.4, 0.5) is 5.69 Å². The SMILES string of the molecule is CCc1ccc(N(C(=O)C2CCCCC2)S(=O)(=O)c2ccccc2)cc1. The van der Waals surface area contributed by atoms with E-state index in [9.17, 15) is 13.2 Å². The van der Waals surface area contributed by atoms with Gasteiger partial charge in [0.25, 0.3) is 10.0 Å². The van der Waals surface area contributed by atoms with E-state index in [4.69, 9.17) is 0 Å². The van der Waals surface area contributed by atoms with E-state index in [1.54, 1.807) is 30.3 Å². The fourth-order valence-electron chi connectivity index (χ4n) is 3.46. The summed E-state index contributed by atoms with van der Waals surface area (Å²) in [4.78, 5) is 13.4. The Morgan fingerprint density at radius 2 is 1.58 bits per heavy atom. The van der Waals surface area contributed by atoms with Crippen LogP contribution in [-0.2, 0) is 21.2 Å². The number of anilines is 1. The van der Waals surface area contributed by atoms with Crippen LogP contribution in [0.2, 0.25) is 0 Å². The molecule has 2 aromatic carbocycles. The molecule has 1 aliphatic rings. The van der Waals surface area contributed by atoms with Crippen LogP contribution in [0.1, 0.15) is 44.6 Å². The second-order valence-corrected chi connectivity index (χ2v) is 8.56. The number of benzene rings is 2. The molecular weight excluding hydrogens is 346 g/mol. The summed E-state index contributed by atoms with van der Waals surface area (Å²) in [6.07, 6.45) is 5.44. The topological polar surface area (TPSA) is 54.5 Å². The van der Waals surface area contributed by atoms with E-state index in [1.807, 2.05) is 19.1 Å². The summed E-state index contributed by atoms with van der Waals surface area (Å²) >= 11 is 0. The van der Waals surface area contributed by atoms with Crippen LogP contribution in [-0.4, -0.2) is 14.3 Å². The van der Waals surface area contributed by atoms with Gasteiger partial charge >= 0.3 is 0 Å². The second-order valence-electron chi connectivity index (χ2n) is 6.78. The van der Waals surface area contributed by atoms with Crippen LogP contribution in [0.15, 0.2) is 59.5 Å². The van der Waals surface area contributed by atoms with Gasteiger partial charge in [-0.05, 0) is 49.1 Å². The van der Waals surface area contributed by atoms with Crippen LogP contribution in [0.3, 0.4) is 0 Å². The highest BCUT2D eigenvalue weighted by Crippen LogP contribution is 2.31. The van der Waals surface area contributed by atoms with E-state index < -0.39 is 10.0 Å². The highest BCUT2D eigenvalue weighted by Gasteiger charge is 2.35. The maximum atomic E-state index is 13.3. The van der Waals surface area contributed by atoms with Gasteiger partial charge in [0.2, 0.25) is 5.91 Å². The molecule has 0 N–H and O–H groups in total. The summed E-state index contributed by atoms with van der Waals surface area (Å²) in [6.45, 7) is 2.04. The lowest BCUT2D eigenvalue weighted by atomic mass is 9.88. The van der Waals surface area contributed by atoms with Crippen molar-refractivity contribution < 1.29 is 13.2 Å². The van der Waals surface area contributed by atoms with Crippen molar-refractivity contribution in [2.75, 3.05) is 4.31 Å². The number of amides is 1. The summed E-state index contributed by atoms with van der Waals surface area (Å²) in [7, 11) is -3.94. The predicted octanol–water partition coefficient (Wildman–Crippen LogP) is 4.55. The van der Waals surface area contributed by atoms with Crippen molar-refractivity contribution in [2.45, 2.75) is 50.3 Å². The molecule has 0 aromatic heterocycles. The summed E-state index contributed by atoms with van der Waals surface area (Å²) in [5, 5.41) is 0. The average molecular weight is 372 g/mol. The maximum Gasteiger partial charge on any atom is 0.270 e. The zero-order valence-electron chi connectivity index (χ0n) is 15.1. The first-order valence-corrected chi connectivity index (χ1v) is 10.7. The molecule has 0 atom stereocenters. The molecule has 4 nitrogen and oxygen atoms in total. The smallest absolute Gasteiger partial charge is 0.270 e. The second kappa shape index (κ2) is 8.04. The average Bonchev–Trinajstić information content (AvgIpc) is 2.70. The van der Waals surface area contributed by atoms with Gasteiger partial charge in [0, 0.05) is 5.92 Å². The lowest BCUT2D eigenvalue weighted by Gasteiger charge is -2.29. The molecule has 0 heterocycles. The van der Waals surface area contributed by atoms with Crippen molar-refractivity contribution in [2.24, 2.45) is 5.92 Å². The van der Waals surface area contributed by atoms with E-state index in [1.165, 1.54) is 12.1 Å². The first-order valence-electron chi connectivity index (χ1n) is 9.27. The fourth-order valence-corrected chi connectivity index (χ4v) is 4.96. The van der Waals surface area contributed by atoms with Crippen LogP contribution in [0, 0.1) is 5.92 Å². The number of carbonyl (C=O) groups excluding carboxylic acids is 1. The van der Waals surface area contributed by atoms with E-state index in [0.717, 1.165) is 48.4 Å². The normalized spacial score (nSPS) is 15.6. The van der Waals surface area contributed by atoms with Crippen LogP contribution in [0.25, 0.3) is 0 Å². The molecule has 0 radical (unpaired) electrons. The molecule has 2 aromatic rings. The zero-order valence-corrected chi connectivity index (χ0v) is 15.9. The number of carbonyl (C=O) groups is 1. The molecule has 0 bridgehead atoms. The van der Waals surface area contributed by atoms with Gasteiger partial charge < -0.3 is 0 Å². The molecule has 0 spiro atoms. The van der Waals surface area contributed by atoms with Gasteiger partial charge in [-0.2, -0.15) is 0 Å². The number of hydrogen-bond donors (Lipinski definition) is 0. The van der Waals surface area contributed by atoms with Gasteiger partial charge in [-0.25, -0.2) is 12.7 Å². The minimum absolute atomic E-state index is 0.142. The molecule has 1 fully saturated rings. The first-order chi connectivity index (χ1) is 12.5. The molecule has 3 rings (SSSR count). The third-order valence-electron chi connectivity index (χ3n) is 5.02. The van der Waals surface area contributed by atoms with Crippen LogP contribution < -0.4 is 4.31 Å². The zero-order chi connectivity index (χ0) is 18.6. The Balaban J connectivity index is 2.04. The van der Waals surface area contributed by atoms with Crippen molar-refractivity contribution in [1.82, 2.24) is 0 Å². The molecule has 26 heavy (non-hydrogen) atoms. The van der Waals surface area contributed by atoms with Gasteiger partial charge in [-0.3, -0.25) is 4.79 Å². The Hall–Kier alpha value is -2.14. The Morgan fingerprint density at radius 3 is 2.15 bits per heavy atom. The molecule has 0 aliphatic heterocycles. The van der Waals surface area contributed by atoms with Gasteiger partial charge in [-0.1, -0.05) is 56.5 Å². The lowest BCUT2D eigenvalue weighted by Crippen LogP contribution is -2.41. The monoisotopic (exact) mass is 371 g/mol. The quantitative estimate of drug-likeness (QED) is 0.775. The Kier molecular flexibility index (Phi) is 5.77. The summed E-state index contributed by atoms with van der Waals surface area (Å²) in [6, 6.07) is 15.4. The first kappa shape index (κ1) is 18.6. The molecule has 0 saturated heterocycles. The highest BCUT2D eigenvalue weighted by atomic mass is 32.2. The Labute approximate surface area is 155 Å². The summed E-state index contributed by atoms with van der Waals surface area (Å²) in [5.74, 6) is -0.536. The van der Waals surface area contributed by atoms with E-state index >= 15 is 0 Å². The number of aryl methyl sites for hydroxylation is 1. The lowest BCUT2D eigenvalue weighted by molar-refractivity contribution is -0.122. The maximum absolute atomic E-state index is 13.3. The van der Waals surface area contributed by atoms with Crippen LogP contribution >= 0.6 is 0 Å². The largest absolute Gasteiger partial charge is 0.273 e. The summed E-state index contributed by atoms with van der Waals surface area (Å²) in [5.41, 5.74) is 1.53. The minimum atomic E-state index is -3.94. The van der Waals surface area contributed by atoms with Crippen molar-refractivity contribution in [3.8, 4) is 0 Å². The van der Waals surface area contributed by atoms with Gasteiger partial charge in [0.15, 0.2) is 0 Å². The molecular formula is C21H25NO3S. The van der Waals surface area contributed by atoms with E-state index in [0.29, 0.717) is 5.69 Å². The van der Waals surface area contributed by atoms with Crippen LogP contribution in [0.5, 0.6) is 0 Å². The Bertz CT molecular complexity index is 839. The van der Waals surface area contributed by atoms with Crippen molar-refractivity contribution in [1.29, 1.82) is 0 Å². The Morgan fingerprint density at radius 1 is 0.962 bits per heavy atom. The van der Waals surface area contributed by atoms with Crippen molar-refractivity contribution >= 4 is 21.6 Å². The minimum Gasteiger partial charge on any atom is -0.273 e. The van der Waals surface area contributed by atoms with Crippen molar-refractivity contribution in [3.63, 3.8) is 0 Å². The van der Waals surface area contributed by atoms with Gasteiger partial charge in [0.1, 0.15) is 0 Å².